The first-order valence-electron chi connectivity index (χ1n) is 9.68. The largest absolute Gasteiger partial charge is 0.384 e. The monoisotopic (exact) mass is 420 g/mol. The van der Waals surface area contributed by atoms with E-state index in [1.807, 2.05) is 19.9 Å². The Morgan fingerprint density at radius 2 is 2.14 bits per heavy atom. The van der Waals surface area contributed by atoms with Crippen molar-refractivity contribution in [2.24, 2.45) is 11.1 Å². The number of allylic oxidation sites excluding steroid dienone is 4. The van der Waals surface area contributed by atoms with E-state index in [1.165, 1.54) is 12.3 Å². The van der Waals surface area contributed by atoms with Gasteiger partial charge in [-0.1, -0.05) is 18.2 Å². The maximum Gasteiger partial charge on any atom is 0.209 e. The zero-order valence-electron chi connectivity index (χ0n) is 16.7. The summed E-state index contributed by atoms with van der Waals surface area (Å²) < 4.78 is 40.1. The van der Waals surface area contributed by atoms with Crippen LogP contribution >= 0.6 is 0 Å². The lowest BCUT2D eigenvalue weighted by molar-refractivity contribution is 0.0822. The van der Waals surface area contributed by atoms with Crippen molar-refractivity contribution in [3.63, 3.8) is 0 Å². The number of sulfonamides is 1. The lowest BCUT2D eigenvalue weighted by Gasteiger charge is -2.18. The Labute approximate surface area is 170 Å². The molecule has 3 heterocycles. The molecule has 1 aromatic heterocycles. The molecule has 4 rings (SSSR count). The van der Waals surface area contributed by atoms with E-state index in [1.54, 1.807) is 12.3 Å². The van der Waals surface area contributed by atoms with Crippen molar-refractivity contribution in [2.45, 2.75) is 38.8 Å². The topological polar surface area (TPSA) is 83.9 Å². The quantitative estimate of drug-likeness (QED) is 0.810. The molecule has 3 atom stereocenters. The van der Waals surface area contributed by atoms with Crippen LogP contribution in [0.2, 0.25) is 0 Å². The van der Waals surface area contributed by atoms with Crippen molar-refractivity contribution < 1.29 is 17.6 Å². The number of aryl methyl sites for hydroxylation is 1. The highest BCUT2D eigenvalue weighted by atomic mass is 32.2. The number of pyridine rings is 1. The Morgan fingerprint density at radius 3 is 2.83 bits per heavy atom. The molecule has 29 heavy (non-hydrogen) atoms. The summed E-state index contributed by atoms with van der Waals surface area (Å²) >= 11 is 0. The first-order valence-corrected chi connectivity index (χ1v) is 11.6. The minimum absolute atomic E-state index is 0.156. The highest BCUT2D eigenvalue weighted by molar-refractivity contribution is 7.88. The number of nitrogens with zero attached hydrogens (tertiary/aromatic N) is 3. The van der Waals surface area contributed by atoms with Crippen molar-refractivity contribution in [3.05, 3.63) is 47.1 Å². The molecule has 156 valence electrons. The van der Waals surface area contributed by atoms with Gasteiger partial charge in [-0.3, -0.25) is 4.98 Å². The average molecular weight is 421 g/mol. The molecule has 1 N–H and O–H groups in total. The smallest absolute Gasteiger partial charge is 0.209 e. The van der Waals surface area contributed by atoms with Crippen LogP contribution in [-0.4, -0.2) is 49.5 Å². The second kappa shape index (κ2) is 7.53. The van der Waals surface area contributed by atoms with Crippen LogP contribution in [0, 0.1) is 12.8 Å². The standard InChI is InChI=1S/C20H25FN4O3S/c1-12-7-15(14-5-4-6-16(14)21)20(22-9-12)18-8-19(23-28-18)25-10-13(2)17(11-25)24-29(3,26)27/h4,6-7,9,13,17-18,24H,5,8,10-11H2,1-3H3/t13-,17-,18+/m1/s1. The van der Waals surface area contributed by atoms with Crippen LogP contribution in [0.1, 0.15) is 42.7 Å². The van der Waals surface area contributed by atoms with Gasteiger partial charge in [0.25, 0.3) is 0 Å². The fourth-order valence-corrected chi connectivity index (χ4v) is 4.96. The van der Waals surface area contributed by atoms with Gasteiger partial charge in [-0.15, -0.1) is 0 Å². The molecule has 9 heteroatoms. The molecular formula is C20H25FN4O3S. The van der Waals surface area contributed by atoms with E-state index in [0.29, 0.717) is 37.2 Å². The van der Waals surface area contributed by atoms with E-state index in [-0.39, 0.29) is 17.8 Å². The average Bonchev–Trinajstić information content (AvgIpc) is 3.34. The van der Waals surface area contributed by atoms with E-state index in [2.05, 4.69) is 19.8 Å². The van der Waals surface area contributed by atoms with E-state index in [4.69, 9.17) is 4.84 Å². The van der Waals surface area contributed by atoms with Gasteiger partial charge in [0.2, 0.25) is 10.0 Å². The molecule has 1 saturated heterocycles. The van der Waals surface area contributed by atoms with Gasteiger partial charge in [0.1, 0.15) is 11.7 Å². The van der Waals surface area contributed by atoms with Crippen molar-refractivity contribution in [2.75, 3.05) is 19.3 Å². The number of nitrogens with one attached hydrogen (secondary N) is 1. The molecule has 0 amide bonds. The molecule has 2 aliphatic heterocycles. The summed E-state index contributed by atoms with van der Waals surface area (Å²) in [6.07, 6.45) is 6.87. The summed E-state index contributed by atoms with van der Waals surface area (Å²) in [4.78, 5) is 12.3. The molecule has 0 radical (unpaired) electrons. The molecule has 1 aromatic rings. The van der Waals surface area contributed by atoms with Gasteiger partial charge in [0.15, 0.2) is 6.10 Å². The number of rotatable bonds is 4. The molecule has 0 bridgehead atoms. The lowest BCUT2D eigenvalue weighted by atomic mass is 9.97. The Morgan fingerprint density at radius 1 is 1.34 bits per heavy atom. The number of aromatic nitrogens is 1. The van der Waals surface area contributed by atoms with E-state index >= 15 is 0 Å². The third-order valence-electron chi connectivity index (χ3n) is 5.56. The van der Waals surface area contributed by atoms with Crippen LogP contribution < -0.4 is 4.72 Å². The van der Waals surface area contributed by atoms with Gasteiger partial charge in [0.05, 0.1) is 18.4 Å². The lowest BCUT2D eigenvalue weighted by Crippen LogP contribution is -2.39. The Kier molecular flexibility index (Phi) is 5.20. The molecule has 0 saturated carbocycles. The number of halogens is 1. The summed E-state index contributed by atoms with van der Waals surface area (Å²) in [5.74, 6) is 0.691. The van der Waals surface area contributed by atoms with Gasteiger partial charge < -0.3 is 9.74 Å². The maximum absolute atomic E-state index is 14.2. The molecule has 0 spiro atoms. The first kappa shape index (κ1) is 20.0. The van der Waals surface area contributed by atoms with Crippen LogP contribution in [0.3, 0.4) is 0 Å². The highest BCUT2D eigenvalue weighted by Gasteiger charge is 2.37. The van der Waals surface area contributed by atoms with Gasteiger partial charge in [-0.2, -0.15) is 0 Å². The second-order valence-electron chi connectivity index (χ2n) is 8.06. The fraction of sp³-hybridized carbons (Fsp3) is 0.500. The van der Waals surface area contributed by atoms with Gasteiger partial charge >= 0.3 is 0 Å². The second-order valence-corrected chi connectivity index (χ2v) is 9.84. The van der Waals surface area contributed by atoms with Crippen molar-refractivity contribution in [1.82, 2.24) is 14.6 Å². The molecule has 1 aliphatic carbocycles. The van der Waals surface area contributed by atoms with Crippen LogP contribution in [0.25, 0.3) is 5.57 Å². The summed E-state index contributed by atoms with van der Waals surface area (Å²) in [6, 6.07) is 1.78. The summed E-state index contributed by atoms with van der Waals surface area (Å²) in [5, 5.41) is 4.25. The van der Waals surface area contributed by atoms with E-state index in [0.717, 1.165) is 17.0 Å². The predicted octanol–water partition coefficient (Wildman–Crippen LogP) is 2.67. The molecule has 0 aromatic carbocycles. The third kappa shape index (κ3) is 4.20. The van der Waals surface area contributed by atoms with Crippen LogP contribution in [0.5, 0.6) is 0 Å². The molecule has 7 nitrogen and oxygen atoms in total. The Balaban J connectivity index is 1.50. The van der Waals surface area contributed by atoms with Gasteiger partial charge in [-0.25, -0.2) is 17.5 Å². The van der Waals surface area contributed by atoms with Crippen LogP contribution in [0.4, 0.5) is 4.39 Å². The number of likely N-dealkylation sites (tertiary alicyclic amines) is 1. The van der Waals surface area contributed by atoms with Gasteiger partial charge in [0, 0.05) is 36.5 Å². The SMILES string of the molecule is Cc1cnc([C@@H]2CC(N3C[C@@H](C)[C@H](NS(C)(=O)=O)C3)=NO2)c(C2=C(F)C=CC2)c1. The van der Waals surface area contributed by atoms with Crippen molar-refractivity contribution in [3.8, 4) is 0 Å². The van der Waals surface area contributed by atoms with Crippen LogP contribution in [-0.2, 0) is 14.9 Å². The number of hydrogen-bond acceptors (Lipinski definition) is 6. The van der Waals surface area contributed by atoms with Crippen molar-refractivity contribution >= 4 is 21.4 Å². The minimum Gasteiger partial charge on any atom is -0.384 e. The minimum atomic E-state index is -3.27. The summed E-state index contributed by atoms with van der Waals surface area (Å²) in [7, 11) is -3.27. The Hall–Kier alpha value is -2.26. The maximum atomic E-state index is 14.2. The fourth-order valence-electron chi connectivity index (χ4n) is 4.10. The van der Waals surface area contributed by atoms with E-state index in [9.17, 15) is 12.8 Å². The number of hydrogen-bond donors (Lipinski definition) is 1. The predicted molar refractivity (Wildman–Crippen MR) is 109 cm³/mol. The van der Waals surface area contributed by atoms with Crippen molar-refractivity contribution in [1.29, 1.82) is 0 Å². The third-order valence-corrected chi connectivity index (χ3v) is 6.29. The van der Waals surface area contributed by atoms with Crippen LogP contribution in [0.15, 0.2) is 35.4 Å². The zero-order valence-corrected chi connectivity index (χ0v) is 17.5. The summed E-state index contributed by atoms with van der Waals surface area (Å²) in [5.41, 5.74) is 3.03. The van der Waals surface area contributed by atoms with E-state index < -0.39 is 16.1 Å². The molecular weight excluding hydrogens is 395 g/mol. The number of amidine groups is 1. The highest BCUT2D eigenvalue weighted by Crippen LogP contribution is 2.37. The number of oxime groups is 1. The normalized spacial score (nSPS) is 27.0. The Bertz CT molecular complexity index is 1020. The van der Waals surface area contributed by atoms with Gasteiger partial charge in [-0.05, 0) is 37.0 Å². The molecule has 0 unspecified atom stereocenters. The molecule has 1 fully saturated rings. The zero-order chi connectivity index (χ0) is 20.8. The summed E-state index contributed by atoms with van der Waals surface area (Å²) in [6.45, 7) is 5.18. The molecule has 3 aliphatic rings. The first-order chi connectivity index (χ1) is 13.7.